The third-order valence-corrected chi connectivity index (χ3v) is 3.09. The number of anilines is 1. The van der Waals surface area contributed by atoms with E-state index < -0.39 is 0 Å². The van der Waals surface area contributed by atoms with Gasteiger partial charge in [0.2, 0.25) is 0 Å². The molecule has 0 heterocycles. The zero-order valence-corrected chi connectivity index (χ0v) is 10.8. The van der Waals surface area contributed by atoms with Crippen LogP contribution in [0, 0.1) is 0 Å². The average Bonchev–Trinajstić information content (AvgIpc) is 2.28. The molecular weight excluding hydrogens is 220 g/mol. The molecule has 0 amide bonds. The highest BCUT2D eigenvalue weighted by Gasteiger charge is 2.06. The Hall–Kier alpha value is -0.730. The van der Waals surface area contributed by atoms with E-state index in [4.69, 9.17) is 17.3 Å². The first-order valence-electron chi connectivity index (χ1n) is 5.90. The van der Waals surface area contributed by atoms with E-state index in [1.165, 1.54) is 18.4 Å². The summed E-state index contributed by atoms with van der Waals surface area (Å²) in [6.07, 6.45) is 2.46. The first-order chi connectivity index (χ1) is 7.65. The normalized spacial score (nSPS) is 12.7. The summed E-state index contributed by atoms with van der Waals surface area (Å²) in [6.45, 7) is 6.47. The molecule has 0 spiro atoms. The molecule has 1 atom stereocenters. The van der Waals surface area contributed by atoms with Gasteiger partial charge in [0.05, 0.1) is 10.7 Å². The van der Waals surface area contributed by atoms with Crippen LogP contribution in [-0.2, 0) is 0 Å². The molecule has 0 saturated carbocycles. The van der Waals surface area contributed by atoms with Crippen LogP contribution >= 0.6 is 11.6 Å². The van der Waals surface area contributed by atoms with Crippen molar-refractivity contribution in [2.24, 2.45) is 0 Å². The summed E-state index contributed by atoms with van der Waals surface area (Å²) in [7, 11) is 0. The van der Waals surface area contributed by atoms with Crippen LogP contribution in [0.3, 0.4) is 0 Å². The van der Waals surface area contributed by atoms with E-state index in [1.807, 2.05) is 18.2 Å². The number of hydrogen-bond acceptors (Lipinski definition) is 2. The number of nitrogens with one attached hydrogen (secondary N) is 1. The van der Waals surface area contributed by atoms with E-state index in [0.717, 1.165) is 13.1 Å². The Morgan fingerprint density at radius 1 is 1.44 bits per heavy atom. The van der Waals surface area contributed by atoms with Crippen molar-refractivity contribution < 1.29 is 0 Å². The van der Waals surface area contributed by atoms with Gasteiger partial charge >= 0.3 is 0 Å². The summed E-state index contributed by atoms with van der Waals surface area (Å²) in [5.41, 5.74) is 7.69. The molecule has 1 unspecified atom stereocenters. The molecule has 1 aromatic carbocycles. The average molecular weight is 241 g/mol. The first kappa shape index (κ1) is 13.3. The van der Waals surface area contributed by atoms with Crippen LogP contribution in [0.2, 0.25) is 5.02 Å². The number of nitrogen functional groups attached to an aromatic ring is 1. The molecule has 2 nitrogen and oxygen atoms in total. The molecule has 0 aliphatic rings. The highest BCUT2D eigenvalue weighted by Crippen LogP contribution is 2.23. The van der Waals surface area contributed by atoms with Crippen molar-refractivity contribution in [3.63, 3.8) is 0 Å². The summed E-state index contributed by atoms with van der Waals surface area (Å²) < 4.78 is 0. The van der Waals surface area contributed by atoms with Crippen LogP contribution in [0.25, 0.3) is 0 Å². The van der Waals surface area contributed by atoms with E-state index in [9.17, 15) is 0 Å². The fourth-order valence-corrected chi connectivity index (χ4v) is 1.72. The maximum atomic E-state index is 5.89. The molecule has 0 fully saturated rings. The van der Waals surface area contributed by atoms with Gasteiger partial charge in [-0.25, -0.2) is 0 Å². The Bertz CT molecular complexity index is 326. The molecule has 1 aromatic rings. The summed E-state index contributed by atoms with van der Waals surface area (Å²) >= 11 is 5.89. The van der Waals surface area contributed by atoms with E-state index in [2.05, 4.69) is 19.2 Å². The quantitative estimate of drug-likeness (QED) is 0.591. The van der Waals surface area contributed by atoms with Crippen LogP contribution in [0.5, 0.6) is 0 Å². The molecule has 16 heavy (non-hydrogen) atoms. The lowest BCUT2D eigenvalue weighted by atomic mass is 10.0. The largest absolute Gasteiger partial charge is 0.398 e. The highest BCUT2D eigenvalue weighted by molar-refractivity contribution is 6.33. The molecule has 0 saturated heterocycles. The molecule has 0 radical (unpaired) electrons. The van der Waals surface area contributed by atoms with Crippen LogP contribution in [0.1, 0.15) is 38.2 Å². The topological polar surface area (TPSA) is 38.0 Å². The summed E-state index contributed by atoms with van der Waals surface area (Å²) in [5, 5.41) is 4.08. The lowest BCUT2D eigenvalue weighted by Gasteiger charge is -2.14. The van der Waals surface area contributed by atoms with Crippen molar-refractivity contribution in [1.29, 1.82) is 0 Å². The smallest absolute Gasteiger partial charge is 0.0635 e. The third-order valence-electron chi connectivity index (χ3n) is 2.75. The zero-order valence-electron chi connectivity index (χ0n) is 10.1. The number of halogens is 1. The predicted octanol–water partition coefficient (Wildman–Crippen LogP) is 3.42. The Morgan fingerprint density at radius 3 is 2.81 bits per heavy atom. The summed E-state index contributed by atoms with van der Waals surface area (Å²) in [5.74, 6) is 0.469. The van der Waals surface area contributed by atoms with Gasteiger partial charge in [-0.05, 0) is 36.6 Å². The summed E-state index contributed by atoms with van der Waals surface area (Å²) in [4.78, 5) is 0. The van der Waals surface area contributed by atoms with Crippen molar-refractivity contribution in [1.82, 2.24) is 5.32 Å². The minimum Gasteiger partial charge on any atom is -0.398 e. The van der Waals surface area contributed by atoms with Crippen molar-refractivity contribution in [3.8, 4) is 0 Å². The van der Waals surface area contributed by atoms with Crippen molar-refractivity contribution in [2.75, 3.05) is 18.8 Å². The lowest BCUT2D eigenvalue weighted by Crippen LogP contribution is -2.21. The molecule has 90 valence electrons. The number of hydrogen-bond donors (Lipinski definition) is 2. The molecule has 1 rings (SSSR count). The second kappa shape index (κ2) is 6.77. The van der Waals surface area contributed by atoms with Gasteiger partial charge in [0.1, 0.15) is 0 Å². The van der Waals surface area contributed by atoms with E-state index in [-0.39, 0.29) is 0 Å². The fraction of sp³-hybridized carbons (Fsp3) is 0.538. The predicted molar refractivity (Wildman–Crippen MR) is 72.1 cm³/mol. The van der Waals surface area contributed by atoms with Gasteiger partial charge in [-0.1, -0.05) is 37.9 Å². The van der Waals surface area contributed by atoms with Crippen molar-refractivity contribution in [2.45, 2.75) is 32.6 Å². The second-order valence-corrected chi connectivity index (χ2v) is 4.65. The van der Waals surface area contributed by atoms with Crippen LogP contribution in [0.15, 0.2) is 18.2 Å². The fourth-order valence-electron chi connectivity index (χ4n) is 1.61. The zero-order chi connectivity index (χ0) is 12.0. The molecular formula is C13H21ClN2. The number of nitrogens with two attached hydrogens (primary N) is 1. The lowest BCUT2D eigenvalue weighted by molar-refractivity contribution is 0.592. The Kier molecular flexibility index (Phi) is 5.64. The number of unbranched alkanes of at least 4 members (excludes halogenated alkanes) is 1. The standard InChI is InChI=1S/C13H21ClN2/c1-3-4-7-16-9-10(2)11-5-6-12(14)13(15)8-11/h5-6,8,10,16H,3-4,7,9,15H2,1-2H3. The monoisotopic (exact) mass is 240 g/mol. The Labute approximate surface area is 103 Å². The maximum absolute atomic E-state index is 5.89. The molecule has 0 aliphatic carbocycles. The van der Waals surface area contributed by atoms with Gasteiger partial charge in [0, 0.05) is 6.54 Å². The van der Waals surface area contributed by atoms with Gasteiger partial charge in [0.25, 0.3) is 0 Å². The summed E-state index contributed by atoms with van der Waals surface area (Å²) in [6, 6.07) is 5.88. The van der Waals surface area contributed by atoms with E-state index in [1.54, 1.807) is 0 Å². The highest BCUT2D eigenvalue weighted by atomic mass is 35.5. The molecule has 0 aliphatic heterocycles. The SMILES string of the molecule is CCCCNCC(C)c1ccc(Cl)c(N)c1. The third kappa shape index (κ3) is 4.03. The van der Waals surface area contributed by atoms with Crippen molar-refractivity contribution >= 4 is 17.3 Å². The van der Waals surface area contributed by atoms with Gasteiger partial charge in [-0.3, -0.25) is 0 Å². The molecule has 3 heteroatoms. The molecule has 0 aromatic heterocycles. The molecule has 0 bridgehead atoms. The van der Waals surface area contributed by atoms with Gasteiger partial charge in [-0.2, -0.15) is 0 Å². The molecule has 3 N–H and O–H groups in total. The first-order valence-corrected chi connectivity index (χ1v) is 6.28. The van der Waals surface area contributed by atoms with Crippen LogP contribution < -0.4 is 11.1 Å². The number of rotatable bonds is 6. The van der Waals surface area contributed by atoms with Gasteiger partial charge < -0.3 is 11.1 Å². The van der Waals surface area contributed by atoms with E-state index in [0.29, 0.717) is 16.6 Å². The van der Waals surface area contributed by atoms with Gasteiger partial charge in [0.15, 0.2) is 0 Å². The number of benzene rings is 1. The van der Waals surface area contributed by atoms with Crippen molar-refractivity contribution in [3.05, 3.63) is 28.8 Å². The Balaban J connectivity index is 2.46. The van der Waals surface area contributed by atoms with Crippen LogP contribution in [0.4, 0.5) is 5.69 Å². The second-order valence-electron chi connectivity index (χ2n) is 4.24. The van der Waals surface area contributed by atoms with Gasteiger partial charge in [-0.15, -0.1) is 0 Å². The maximum Gasteiger partial charge on any atom is 0.0635 e. The minimum atomic E-state index is 0.469. The van der Waals surface area contributed by atoms with Crippen LogP contribution in [-0.4, -0.2) is 13.1 Å². The Morgan fingerprint density at radius 2 is 2.19 bits per heavy atom. The van der Waals surface area contributed by atoms with E-state index >= 15 is 0 Å². The minimum absolute atomic E-state index is 0.469.